The van der Waals surface area contributed by atoms with Crippen LogP contribution in [0.3, 0.4) is 0 Å². The second kappa shape index (κ2) is 8.84. The molecule has 0 saturated heterocycles. The third-order valence-corrected chi connectivity index (χ3v) is 6.10. The van der Waals surface area contributed by atoms with Gasteiger partial charge in [-0.05, 0) is 30.0 Å². The minimum atomic E-state index is -0.695. The quantitative estimate of drug-likeness (QED) is 0.330. The number of methoxy groups -OCH3 is 1. The highest BCUT2D eigenvalue weighted by molar-refractivity contribution is 7.19. The topological polar surface area (TPSA) is 128 Å². The largest absolute Gasteiger partial charge is 0.465 e. The van der Waals surface area contributed by atoms with Crippen molar-refractivity contribution in [1.82, 2.24) is 0 Å². The zero-order valence-corrected chi connectivity index (χ0v) is 17.4. The molecule has 154 valence electrons. The Morgan fingerprint density at radius 2 is 1.87 bits per heavy atom. The first kappa shape index (κ1) is 21.1. The summed E-state index contributed by atoms with van der Waals surface area (Å²) in [6.07, 6.45) is 0. The maximum absolute atomic E-state index is 12.8. The van der Waals surface area contributed by atoms with Crippen molar-refractivity contribution in [2.24, 2.45) is 0 Å². The van der Waals surface area contributed by atoms with E-state index in [-0.39, 0.29) is 26.8 Å². The summed E-state index contributed by atoms with van der Waals surface area (Å²) >= 11 is 2.15. The first-order valence-electron chi connectivity index (χ1n) is 8.44. The number of nitrogens with one attached hydrogen (secondary N) is 2. The molecule has 0 radical (unpaired) electrons. The fourth-order valence-electron chi connectivity index (χ4n) is 2.62. The van der Waals surface area contributed by atoms with Crippen LogP contribution in [-0.2, 0) is 4.74 Å². The molecule has 11 heteroatoms. The van der Waals surface area contributed by atoms with Crippen molar-refractivity contribution in [2.75, 3.05) is 17.7 Å². The van der Waals surface area contributed by atoms with E-state index >= 15 is 0 Å². The first-order valence-corrected chi connectivity index (χ1v) is 10.1. The van der Waals surface area contributed by atoms with Crippen LogP contribution in [0.5, 0.6) is 0 Å². The molecule has 0 saturated carbocycles. The Labute approximate surface area is 178 Å². The predicted octanol–water partition coefficient (Wildman–Crippen LogP) is 4.32. The van der Waals surface area contributed by atoms with E-state index in [0.29, 0.717) is 10.4 Å². The van der Waals surface area contributed by atoms with Gasteiger partial charge >= 0.3 is 5.97 Å². The second-order valence-electron chi connectivity index (χ2n) is 5.94. The number of amides is 2. The fourth-order valence-corrected chi connectivity index (χ4v) is 4.33. The van der Waals surface area contributed by atoms with Crippen molar-refractivity contribution >= 4 is 56.8 Å². The monoisotopic (exact) mass is 445 g/mol. The standard InChI is InChI=1S/C19H15N3O6S2/c1-10-14(19(25)28-2)18(21-16(23)13-7-4-8-29-13)30-15(10)17(24)20-11-5-3-6-12(9-11)22(26)27/h3-9H,1-2H3,(H,20,24)(H,21,23). The van der Waals surface area contributed by atoms with Gasteiger partial charge in [0.25, 0.3) is 17.5 Å². The van der Waals surface area contributed by atoms with Crippen LogP contribution in [0, 0.1) is 17.0 Å². The molecule has 3 rings (SSSR count). The van der Waals surface area contributed by atoms with E-state index in [1.807, 2.05) is 0 Å². The molecule has 0 spiro atoms. The molecule has 0 atom stereocenters. The minimum Gasteiger partial charge on any atom is -0.465 e. The summed E-state index contributed by atoms with van der Waals surface area (Å²) in [5, 5.41) is 18.1. The van der Waals surface area contributed by atoms with Gasteiger partial charge in [-0.15, -0.1) is 22.7 Å². The van der Waals surface area contributed by atoms with Crippen LogP contribution in [0.4, 0.5) is 16.4 Å². The van der Waals surface area contributed by atoms with E-state index in [1.54, 1.807) is 24.4 Å². The van der Waals surface area contributed by atoms with Gasteiger partial charge in [0.15, 0.2) is 0 Å². The molecule has 1 aromatic carbocycles. The van der Waals surface area contributed by atoms with Crippen LogP contribution in [-0.4, -0.2) is 29.8 Å². The van der Waals surface area contributed by atoms with Crippen molar-refractivity contribution in [3.63, 3.8) is 0 Å². The average molecular weight is 445 g/mol. The van der Waals surface area contributed by atoms with E-state index in [2.05, 4.69) is 10.6 Å². The van der Waals surface area contributed by atoms with E-state index in [9.17, 15) is 24.5 Å². The van der Waals surface area contributed by atoms with Gasteiger partial charge in [-0.3, -0.25) is 19.7 Å². The van der Waals surface area contributed by atoms with Crippen LogP contribution in [0.15, 0.2) is 41.8 Å². The summed E-state index contributed by atoms with van der Waals surface area (Å²) in [6.45, 7) is 1.56. The second-order valence-corrected chi connectivity index (χ2v) is 7.91. The number of carbonyl (C=O) groups excluding carboxylic acids is 3. The number of anilines is 2. The number of hydrogen-bond donors (Lipinski definition) is 2. The van der Waals surface area contributed by atoms with Crippen LogP contribution < -0.4 is 10.6 Å². The molecule has 2 aromatic heterocycles. The normalized spacial score (nSPS) is 10.3. The SMILES string of the molecule is COC(=O)c1c(NC(=O)c2cccs2)sc(C(=O)Nc2cccc([N+](=O)[O-])c2)c1C. The number of nitrogens with zero attached hydrogens (tertiary/aromatic N) is 1. The third-order valence-electron chi connectivity index (χ3n) is 4.03. The molecular weight excluding hydrogens is 430 g/mol. The van der Waals surface area contributed by atoms with Crippen molar-refractivity contribution in [3.05, 3.63) is 72.8 Å². The third kappa shape index (κ3) is 4.36. The van der Waals surface area contributed by atoms with E-state index < -0.39 is 22.7 Å². The lowest BCUT2D eigenvalue weighted by molar-refractivity contribution is -0.384. The Hall–Kier alpha value is -3.57. The van der Waals surface area contributed by atoms with Gasteiger partial charge in [0.05, 0.1) is 27.4 Å². The molecule has 0 bridgehead atoms. The van der Waals surface area contributed by atoms with Gasteiger partial charge in [0, 0.05) is 17.8 Å². The lowest BCUT2D eigenvalue weighted by Gasteiger charge is -2.05. The molecule has 9 nitrogen and oxygen atoms in total. The number of nitro groups is 1. The first-order chi connectivity index (χ1) is 14.3. The molecule has 0 aliphatic rings. The Bertz CT molecular complexity index is 1140. The van der Waals surface area contributed by atoms with Gasteiger partial charge in [0.1, 0.15) is 5.00 Å². The number of non-ortho nitro benzene ring substituents is 1. The highest BCUT2D eigenvalue weighted by atomic mass is 32.1. The van der Waals surface area contributed by atoms with Gasteiger partial charge in [0.2, 0.25) is 0 Å². The molecule has 2 heterocycles. The predicted molar refractivity (Wildman–Crippen MR) is 114 cm³/mol. The number of carbonyl (C=O) groups is 3. The molecule has 0 unspecified atom stereocenters. The maximum atomic E-state index is 12.8. The summed E-state index contributed by atoms with van der Waals surface area (Å²) < 4.78 is 4.80. The lowest BCUT2D eigenvalue weighted by atomic mass is 10.1. The molecule has 30 heavy (non-hydrogen) atoms. The number of nitro benzene ring substituents is 1. The van der Waals surface area contributed by atoms with Crippen molar-refractivity contribution in [1.29, 1.82) is 0 Å². The molecular formula is C19H15N3O6S2. The summed E-state index contributed by atoms with van der Waals surface area (Å²) in [4.78, 5) is 48.4. The smallest absolute Gasteiger partial charge is 0.341 e. The van der Waals surface area contributed by atoms with Crippen LogP contribution in [0.25, 0.3) is 0 Å². The Morgan fingerprint density at radius 3 is 2.50 bits per heavy atom. The Kier molecular flexibility index (Phi) is 6.23. The van der Waals surface area contributed by atoms with E-state index in [0.717, 1.165) is 11.3 Å². The molecule has 2 N–H and O–H groups in total. The average Bonchev–Trinajstić information content (AvgIpc) is 3.36. The lowest BCUT2D eigenvalue weighted by Crippen LogP contribution is -2.13. The van der Waals surface area contributed by atoms with Crippen molar-refractivity contribution < 1.29 is 24.0 Å². The van der Waals surface area contributed by atoms with Crippen LogP contribution in [0.2, 0.25) is 0 Å². The molecule has 2 amide bonds. The highest BCUT2D eigenvalue weighted by Gasteiger charge is 2.27. The summed E-state index contributed by atoms with van der Waals surface area (Å²) in [5.74, 6) is -1.68. The number of ether oxygens (including phenoxy) is 1. The minimum absolute atomic E-state index is 0.0802. The zero-order chi connectivity index (χ0) is 21.8. The molecule has 0 fully saturated rings. The zero-order valence-electron chi connectivity index (χ0n) is 15.8. The van der Waals surface area contributed by atoms with Gasteiger partial charge in [-0.2, -0.15) is 0 Å². The summed E-state index contributed by atoms with van der Waals surface area (Å²) in [5.41, 5.74) is 0.466. The molecule has 0 aliphatic heterocycles. The van der Waals surface area contributed by atoms with Crippen molar-refractivity contribution in [3.8, 4) is 0 Å². The van der Waals surface area contributed by atoms with Crippen molar-refractivity contribution in [2.45, 2.75) is 6.92 Å². The van der Waals surface area contributed by atoms with Gasteiger partial charge in [-0.25, -0.2) is 4.79 Å². The van der Waals surface area contributed by atoms with E-state index in [1.165, 1.54) is 42.7 Å². The summed E-state index contributed by atoms with van der Waals surface area (Å²) in [7, 11) is 1.20. The van der Waals surface area contributed by atoms with E-state index in [4.69, 9.17) is 4.74 Å². The maximum Gasteiger partial charge on any atom is 0.341 e. The Balaban J connectivity index is 1.92. The Morgan fingerprint density at radius 1 is 1.10 bits per heavy atom. The van der Waals surface area contributed by atoms with Crippen LogP contribution >= 0.6 is 22.7 Å². The number of esters is 1. The number of benzene rings is 1. The highest BCUT2D eigenvalue weighted by Crippen LogP contribution is 2.35. The number of rotatable bonds is 6. The fraction of sp³-hybridized carbons (Fsp3) is 0.105. The van der Waals surface area contributed by atoms with Crippen LogP contribution in [0.1, 0.15) is 35.3 Å². The number of hydrogen-bond acceptors (Lipinski definition) is 8. The summed E-state index contributed by atoms with van der Waals surface area (Å²) in [6, 6.07) is 8.84. The van der Waals surface area contributed by atoms with Gasteiger partial charge < -0.3 is 15.4 Å². The van der Waals surface area contributed by atoms with Gasteiger partial charge in [-0.1, -0.05) is 12.1 Å². The number of thiophene rings is 2. The molecule has 3 aromatic rings. The molecule has 0 aliphatic carbocycles.